The number of hydrogen-bond acceptors (Lipinski definition) is 4. The quantitative estimate of drug-likeness (QED) is 0.754. The van der Waals surface area contributed by atoms with Crippen LogP contribution in [0.3, 0.4) is 0 Å². The number of methoxy groups -OCH3 is 2. The van der Waals surface area contributed by atoms with Gasteiger partial charge in [-0.15, -0.1) is 0 Å². The molecule has 0 saturated carbocycles. The van der Waals surface area contributed by atoms with Gasteiger partial charge < -0.3 is 14.8 Å². The first-order chi connectivity index (χ1) is 12.7. The van der Waals surface area contributed by atoms with Crippen molar-refractivity contribution < 1.29 is 9.47 Å². The Labute approximate surface area is 153 Å². The molecule has 0 aliphatic carbocycles. The fourth-order valence-electron chi connectivity index (χ4n) is 3.45. The lowest BCUT2D eigenvalue weighted by atomic mass is 10.1. The average Bonchev–Trinajstić information content (AvgIpc) is 3.30. The molecule has 1 aliphatic rings. The number of hydrogen-bond donors (Lipinski definition) is 1. The topological polar surface area (TPSA) is 48.3 Å². The first-order valence-electron chi connectivity index (χ1n) is 8.92. The molecular formula is C21H23N3O2. The zero-order valence-electron chi connectivity index (χ0n) is 15.4. The second kappa shape index (κ2) is 6.75. The highest BCUT2D eigenvalue weighted by Gasteiger charge is 2.25. The molecule has 4 rings (SSSR count). The van der Waals surface area contributed by atoms with Crippen molar-refractivity contribution in [3.8, 4) is 28.4 Å². The van der Waals surface area contributed by atoms with Gasteiger partial charge in [0.25, 0.3) is 0 Å². The molecule has 0 radical (unpaired) electrons. The van der Waals surface area contributed by atoms with Gasteiger partial charge in [-0.25, -0.2) is 4.68 Å². The van der Waals surface area contributed by atoms with Crippen LogP contribution in [-0.2, 0) is 12.8 Å². The Kier molecular flexibility index (Phi) is 4.29. The summed E-state index contributed by atoms with van der Waals surface area (Å²) in [5, 5.41) is 8.41. The monoisotopic (exact) mass is 349 g/mol. The van der Waals surface area contributed by atoms with Gasteiger partial charge in [0.05, 0.1) is 19.9 Å². The van der Waals surface area contributed by atoms with Crippen molar-refractivity contribution in [2.75, 3.05) is 26.1 Å². The highest BCUT2D eigenvalue weighted by atomic mass is 16.5. The van der Waals surface area contributed by atoms with Crippen LogP contribution in [0.1, 0.15) is 18.1 Å². The van der Waals surface area contributed by atoms with Crippen molar-refractivity contribution in [2.45, 2.75) is 19.8 Å². The van der Waals surface area contributed by atoms with Crippen LogP contribution in [0.2, 0.25) is 0 Å². The molecule has 5 heteroatoms. The van der Waals surface area contributed by atoms with Gasteiger partial charge in [0.2, 0.25) is 0 Å². The summed E-state index contributed by atoms with van der Waals surface area (Å²) in [4.78, 5) is 0. The number of ether oxygens (including phenoxy) is 2. The molecule has 2 aromatic carbocycles. The lowest BCUT2D eigenvalue weighted by Gasteiger charge is -2.10. The molecule has 3 aromatic rings. The summed E-state index contributed by atoms with van der Waals surface area (Å²) < 4.78 is 13.0. The summed E-state index contributed by atoms with van der Waals surface area (Å²) in [6, 6.07) is 14.4. The number of rotatable bonds is 5. The van der Waals surface area contributed by atoms with E-state index in [1.54, 1.807) is 14.2 Å². The van der Waals surface area contributed by atoms with Gasteiger partial charge in [-0.2, -0.15) is 5.10 Å². The fraction of sp³-hybridized carbons (Fsp3) is 0.286. The number of aromatic nitrogens is 2. The minimum Gasteiger partial charge on any atom is -0.497 e. The third-order valence-corrected chi connectivity index (χ3v) is 4.90. The summed E-state index contributed by atoms with van der Waals surface area (Å²) in [7, 11) is 3.36. The van der Waals surface area contributed by atoms with Gasteiger partial charge in [0.15, 0.2) is 0 Å². The van der Waals surface area contributed by atoms with Crippen LogP contribution in [0.15, 0.2) is 42.5 Å². The van der Waals surface area contributed by atoms with Crippen molar-refractivity contribution in [2.24, 2.45) is 0 Å². The predicted octanol–water partition coefficient (Wildman–Crippen LogP) is 4.09. The third-order valence-electron chi connectivity index (χ3n) is 4.90. The Bertz CT molecular complexity index is 929. The number of benzene rings is 2. The Hall–Kier alpha value is -2.95. The molecule has 5 nitrogen and oxygen atoms in total. The first kappa shape index (κ1) is 16.5. The lowest BCUT2D eigenvalue weighted by molar-refractivity contribution is 0.404. The van der Waals surface area contributed by atoms with Crippen LogP contribution in [0.4, 0.5) is 5.82 Å². The molecule has 1 aromatic heterocycles. The largest absolute Gasteiger partial charge is 0.497 e. The van der Waals surface area contributed by atoms with E-state index in [4.69, 9.17) is 14.6 Å². The van der Waals surface area contributed by atoms with Crippen LogP contribution in [0.25, 0.3) is 16.9 Å². The summed E-state index contributed by atoms with van der Waals surface area (Å²) in [6.45, 7) is 3.08. The molecule has 0 spiro atoms. The summed E-state index contributed by atoms with van der Waals surface area (Å²) in [5.74, 6) is 2.66. The number of fused-ring (bicyclic) bond motifs is 1. The third kappa shape index (κ3) is 2.69. The zero-order valence-corrected chi connectivity index (χ0v) is 15.4. The average molecular weight is 349 g/mol. The van der Waals surface area contributed by atoms with E-state index in [1.807, 2.05) is 22.9 Å². The highest BCUT2D eigenvalue weighted by molar-refractivity contribution is 5.77. The van der Waals surface area contributed by atoms with Crippen molar-refractivity contribution in [1.82, 2.24) is 9.78 Å². The Morgan fingerprint density at radius 1 is 1.08 bits per heavy atom. The molecule has 0 saturated heterocycles. The molecule has 134 valence electrons. The zero-order chi connectivity index (χ0) is 18.1. The Morgan fingerprint density at radius 3 is 2.58 bits per heavy atom. The van der Waals surface area contributed by atoms with E-state index < -0.39 is 0 Å². The van der Waals surface area contributed by atoms with Crippen LogP contribution in [0, 0.1) is 0 Å². The Balaban J connectivity index is 1.86. The highest BCUT2D eigenvalue weighted by Crippen LogP contribution is 2.40. The molecule has 0 atom stereocenters. The maximum atomic E-state index is 5.58. The first-order valence-corrected chi connectivity index (χ1v) is 8.92. The predicted molar refractivity (Wildman–Crippen MR) is 104 cm³/mol. The van der Waals surface area contributed by atoms with E-state index in [1.165, 1.54) is 11.1 Å². The summed E-state index contributed by atoms with van der Waals surface area (Å²) >= 11 is 0. The second-order valence-electron chi connectivity index (χ2n) is 6.35. The van der Waals surface area contributed by atoms with Gasteiger partial charge in [-0.1, -0.05) is 19.1 Å². The molecule has 26 heavy (non-hydrogen) atoms. The van der Waals surface area contributed by atoms with Crippen molar-refractivity contribution >= 4 is 5.82 Å². The lowest BCUT2D eigenvalue weighted by Crippen LogP contribution is -2.04. The van der Waals surface area contributed by atoms with Crippen molar-refractivity contribution in [3.05, 3.63) is 53.6 Å². The van der Waals surface area contributed by atoms with E-state index in [2.05, 4.69) is 36.5 Å². The molecule has 1 N–H and O–H groups in total. The standard InChI is InChI=1S/C21H23N3O2/c1-4-14-5-7-15(8-6-14)24-21-17(11-12-22-21)20(23-24)18-13-16(25-2)9-10-19(18)26-3/h5-10,13,22H,4,11-12H2,1-3H3. The normalized spacial score (nSPS) is 12.6. The van der Waals surface area contributed by atoms with Gasteiger partial charge in [0.1, 0.15) is 23.0 Å². The Morgan fingerprint density at radius 2 is 1.88 bits per heavy atom. The molecule has 0 bridgehead atoms. The number of nitrogens with zero attached hydrogens (tertiary/aromatic N) is 2. The summed E-state index contributed by atoms with van der Waals surface area (Å²) in [6.07, 6.45) is 1.97. The molecule has 2 heterocycles. The van der Waals surface area contributed by atoms with E-state index in [0.717, 1.165) is 53.6 Å². The van der Waals surface area contributed by atoms with Crippen LogP contribution in [-0.4, -0.2) is 30.5 Å². The smallest absolute Gasteiger partial charge is 0.133 e. The minimum atomic E-state index is 0.794. The van der Waals surface area contributed by atoms with Crippen LogP contribution < -0.4 is 14.8 Å². The molecule has 1 aliphatic heterocycles. The van der Waals surface area contributed by atoms with Gasteiger partial charge in [-0.3, -0.25) is 0 Å². The number of aryl methyl sites for hydroxylation is 1. The van der Waals surface area contributed by atoms with Gasteiger partial charge in [-0.05, 0) is 48.7 Å². The number of nitrogens with one attached hydrogen (secondary N) is 1. The molecular weight excluding hydrogens is 326 g/mol. The molecule has 0 amide bonds. The van der Waals surface area contributed by atoms with Crippen LogP contribution >= 0.6 is 0 Å². The fourth-order valence-corrected chi connectivity index (χ4v) is 3.45. The van der Waals surface area contributed by atoms with Gasteiger partial charge in [0, 0.05) is 17.7 Å². The van der Waals surface area contributed by atoms with Crippen molar-refractivity contribution in [1.29, 1.82) is 0 Å². The maximum Gasteiger partial charge on any atom is 0.133 e. The summed E-state index contributed by atoms with van der Waals surface area (Å²) in [5.41, 5.74) is 5.49. The molecule has 0 unspecified atom stereocenters. The second-order valence-corrected chi connectivity index (χ2v) is 6.35. The molecule has 0 fully saturated rings. The van der Waals surface area contributed by atoms with E-state index in [0.29, 0.717) is 0 Å². The van der Waals surface area contributed by atoms with E-state index in [-0.39, 0.29) is 0 Å². The van der Waals surface area contributed by atoms with E-state index >= 15 is 0 Å². The van der Waals surface area contributed by atoms with Crippen LogP contribution in [0.5, 0.6) is 11.5 Å². The SMILES string of the molecule is CCc1ccc(-n2nc(-c3cc(OC)ccc3OC)c3c2NCC3)cc1. The van der Waals surface area contributed by atoms with E-state index in [9.17, 15) is 0 Å². The van der Waals surface area contributed by atoms with Crippen molar-refractivity contribution in [3.63, 3.8) is 0 Å². The van der Waals surface area contributed by atoms with Gasteiger partial charge >= 0.3 is 0 Å². The minimum absolute atomic E-state index is 0.794. The maximum absolute atomic E-state index is 5.58. The number of anilines is 1.